The van der Waals surface area contributed by atoms with Crippen LogP contribution in [0, 0.1) is 0 Å². The summed E-state index contributed by atoms with van der Waals surface area (Å²) in [6.07, 6.45) is 20.9. The van der Waals surface area contributed by atoms with Crippen LogP contribution in [0.25, 0.3) is 0 Å². The van der Waals surface area contributed by atoms with E-state index in [0.717, 1.165) is 12.8 Å². The van der Waals surface area contributed by atoms with Crippen LogP contribution < -0.4 is 40.0 Å². The Morgan fingerprint density at radius 3 is 1.48 bits per heavy atom. The molecular weight excluding hydrogens is 377 g/mol. The molecule has 0 rings (SSSR count). The number of carbonyl (C=O) groups excluding carboxylic acids is 1. The van der Waals surface area contributed by atoms with Gasteiger partial charge in [-0.25, -0.2) is 0 Å². The molecule has 0 aromatic rings. The van der Waals surface area contributed by atoms with E-state index in [9.17, 15) is 14.7 Å². The minimum Gasteiger partial charge on any atom is -0.548 e. The van der Waals surface area contributed by atoms with Crippen LogP contribution in [0.1, 0.15) is 122 Å². The molecule has 0 heterocycles. The van der Waals surface area contributed by atoms with Gasteiger partial charge in [0.05, 0.1) is 5.97 Å². The zero-order chi connectivity index (χ0) is 20.9. The Balaban J connectivity index is 0. The van der Waals surface area contributed by atoms with Gasteiger partial charge in [-0.3, -0.25) is 4.79 Å². The number of hydrogen-bond acceptors (Lipinski definition) is 4. The van der Waals surface area contributed by atoms with Crippen LogP contribution in [0.2, 0.25) is 0 Å². The zero-order valence-electron chi connectivity index (χ0n) is 19.2. The van der Waals surface area contributed by atoms with E-state index >= 15 is 0 Å². The molecule has 6 heteroatoms. The van der Waals surface area contributed by atoms with Crippen molar-refractivity contribution in [1.29, 1.82) is 0 Å². The maximum Gasteiger partial charge on any atom is 1.00 e. The summed E-state index contributed by atoms with van der Waals surface area (Å²) in [4.78, 5) is 21.5. The summed E-state index contributed by atoms with van der Waals surface area (Å²) in [5, 5.41) is 22.5. The summed E-state index contributed by atoms with van der Waals surface area (Å²) in [6.45, 7) is 2.87. The van der Waals surface area contributed by atoms with Crippen molar-refractivity contribution in [3.8, 4) is 0 Å². The van der Waals surface area contributed by atoms with Crippen LogP contribution >= 0.6 is 0 Å². The van der Waals surface area contributed by atoms with E-state index < -0.39 is 18.0 Å². The number of carbonyl (C=O) groups is 2. The monoisotopic (exact) mass is 421 g/mol. The average Bonchev–Trinajstić information content (AvgIpc) is 2.66. The topological polar surface area (TPSA) is 89.5 Å². The first-order chi connectivity index (χ1) is 13.6. The zero-order valence-corrected chi connectivity index (χ0v) is 21.2. The normalized spacial score (nSPS) is 11.8. The van der Waals surface area contributed by atoms with Gasteiger partial charge in [0, 0.05) is 12.5 Å². The quantitative estimate of drug-likeness (QED) is 0.206. The van der Waals surface area contributed by atoms with Crippen molar-refractivity contribution < 1.29 is 49.4 Å². The summed E-state index contributed by atoms with van der Waals surface area (Å²) in [6, 6.07) is -0.854. The summed E-state index contributed by atoms with van der Waals surface area (Å²) in [5.41, 5.74) is 0. The average molecular weight is 422 g/mol. The first-order valence-electron chi connectivity index (χ1n) is 11.7. The number of unbranched alkanes of at least 4 members (excludes halogenated alkanes) is 15. The number of rotatable bonds is 22. The second-order valence-electron chi connectivity index (χ2n) is 8.06. The number of aliphatic carboxylic acids is 2. The van der Waals surface area contributed by atoms with Crippen molar-refractivity contribution in [2.45, 2.75) is 129 Å². The smallest absolute Gasteiger partial charge is 0.548 e. The fourth-order valence-corrected chi connectivity index (χ4v) is 3.52. The van der Waals surface area contributed by atoms with Gasteiger partial charge >= 0.3 is 35.5 Å². The molecule has 166 valence electrons. The molecule has 0 saturated heterocycles. The molecule has 5 nitrogen and oxygen atoms in total. The molecule has 0 radical (unpaired) electrons. The van der Waals surface area contributed by atoms with E-state index in [4.69, 9.17) is 5.11 Å². The van der Waals surface area contributed by atoms with Gasteiger partial charge in [0.25, 0.3) is 0 Å². The van der Waals surface area contributed by atoms with Crippen molar-refractivity contribution in [1.82, 2.24) is 5.32 Å². The van der Waals surface area contributed by atoms with Gasteiger partial charge in [0.15, 0.2) is 0 Å². The Morgan fingerprint density at radius 1 is 0.759 bits per heavy atom. The molecule has 0 spiro atoms. The van der Waals surface area contributed by atoms with Gasteiger partial charge in [-0.05, 0) is 19.4 Å². The molecule has 0 aliphatic carbocycles. The first-order valence-corrected chi connectivity index (χ1v) is 11.7. The maximum atomic E-state index is 10.9. The minimum absolute atomic E-state index is 0. The molecular formula is C23H44NNaO4. The second-order valence-corrected chi connectivity index (χ2v) is 8.06. The minimum atomic E-state index is -1.21. The third kappa shape index (κ3) is 24.0. The molecule has 0 amide bonds. The number of carboxylic acids is 2. The van der Waals surface area contributed by atoms with Crippen LogP contribution in [0.4, 0.5) is 0 Å². The molecule has 0 aromatic heterocycles. The van der Waals surface area contributed by atoms with E-state index in [2.05, 4.69) is 12.2 Å². The van der Waals surface area contributed by atoms with Gasteiger partial charge < -0.3 is 20.3 Å². The summed E-state index contributed by atoms with van der Waals surface area (Å²) in [5.74, 6) is -2.19. The Bertz CT molecular complexity index is 380. The molecule has 0 aliphatic heterocycles. The number of carboxylic acid groups (broad SMARTS) is 2. The van der Waals surface area contributed by atoms with E-state index in [1.165, 1.54) is 89.9 Å². The standard InChI is InChI=1S/C23H45NO4.Na/c1-2-3-4-5-6-7-8-9-10-11-12-13-14-15-16-17-20-24-21(23(27)28)18-19-22(25)26;/h21,24H,2-20H2,1H3,(H,25,26)(H,27,28);/q;+1/p-1/t21-;/m0./s1. The molecule has 0 aromatic carbocycles. The van der Waals surface area contributed by atoms with Crippen molar-refractivity contribution in [3.05, 3.63) is 0 Å². The van der Waals surface area contributed by atoms with Crippen LogP contribution in [-0.4, -0.2) is 29.6 Å². The largest absolute Gasteiger partial charge is 1.00 e. The van der Waals surface area contributed by atoms with Crippen LogP contribution in [-0.2, 0) is 9.59 Å². The van der Waals surface area contributed by atoms with Gasteiger partial charge in [-0.1, -0.05) is 103 Å². The fraction of sp³-hybridized carbons (Fsp3) is 0.913. The molecule has 0 bridgehead atoms. The third-order valence-electron chi connectivity index (χ3n) is 5.35. The Morgan fingerprint density at radius 2 is 1.14 bits per heavy atom. The van der Waals surface area contributed by atoms with Crippen molar-refractivity contribution in [2.24, 2.45) is 0 Å². The van der Waals surface area contributed by atoms with Gasteiger partial charge in [0.2, 0.25) is 0 Å². The fourth-order valence-electron chi connectivity index (χ4n) is 3.52. The molecule has 0 unspecified atom stereocenters. The van der Waals surface area contributed by atoms with Crippen molar-refractivity contribution in [2.75, 3.05) is 6.54 Å². The Hall–Kier alpha value is -0.100. The summed E-state index contributed by atoms with van der Waals surface area (Å²) >= 11 is 0. The number of nitrogens with one attached hydrogen (secondary N) is 1. The van der Waals surface area contributed by atoms with Crippen LogP contribution in [0.5, 0.6) is 0 Å². The van der Waals surface area contributed by atoms with E-state index in [0.29, 0.717) is 6.54 Å². The summed E-state index contributed by atoms with van der Waals surface area (Å²) in [7, 11) is 0. The third-order valence-corrected chi connectivity index (χ3v) is 5.35. The first kappa shape index (κ1) is 31.1. The second kappa shape index (κ2) is 24.2. The van der Waals surface area contributed by atoms with Gasteiger partial charge in [-0.2, -0.15) is 0 Å². The summed E-state index contributed by atoms with van der Waals surface area (Å²) < 4.78 is 0. The van der Waals surface area contributed by atoms with Crippen LogP contribution in [0.3, 0.4) is 0 Å². The van der Waals surface area contributed by atoms with E-state index in [-0.39, 0.29) is 42.4 Å². The molecule has 0 aliphatic rings. The van der Waals surface area contributed by atoms with Gasteiger partial charge in [-0.15, -0.1) is 0 Å². The Labute approximate surface area is 201 Å². The SMILES string of the molecule is CCCCCCCCCCCCCCCCCCN[C@@H](CCC(=O)O)C(=O)[O-].[Na+]. The van der Waals surface area contributed by atoms with Crippen LogP contribution in [0.15, 0.2) is 0 Å². The van der Waals surface area contributed by atoms with Gasteiger partial charge in [0.1, 0.15) is 0 Å². The predicted molar refractivity (Wildman–Crippen MR) is 113 cm³/mol. The molecule has 1 atom stereocenters. The molecule has 0 fully saturated rings. The van der Waals surface area contributed by atoms with Crippen molar-refractivity contribution in [3.63, 3.8) is 0 Å². The predicted octanol–water partition coefficient (Wildman–Crippen LogP) is 1.82. The van der Waals surface area contributed by atoms with E-state index in [1.807, 2.05) is 0 Å². The van der Waals surface area contributed by atoms with Crippen molar-refractivity contribution >= 4 is 11.9 Å². The molecule has 2 N–H and O–H groups in total. The maximum absolute atomic E-state index is 10.9. The Kier molecular flexibility index (Phi) is 25.9. The molecule has 0 saturated carbocycles. The van der Waals surface area contributed by atoms with E-state index in [1.54, 1.807) is 0 Å². The molecule has 29 heavy (non-hydrogen) atoms. The number of hydrogen-bond donors (Lipinski definition) is 2.